The SMILES string of the molecule is COc1ccc(OC)c(NC(=S)NCCc2cc3c(C)ccc(C)c3[nH]c2=O)c1. The van der Waals surface area contributed by atoms with Gasteiger partial charge in [-0.1, -0.05) is 12.1 Å². The van der Waals surface area contributed by atoms with E-state index in [1.165, 1.54) is 0 Å². The lowest BCUT2D eigenvalue weighted by Gasteiger charge is -2.14. The molecule has 1 aromatic heterocycles. The average Bonchev–Trinajstić information content (AvgIpc) is 2.71. The Balaban J connectivity index is 1.67. The Bertz CT molecular complexity index is 1110. The van der Waals surface area contributed by atoms with Crippen LogP contribution >= 0.6 is 12.2 Å². The van der Waals surface area contributed by atoms with E-state index in [1.807, 2.05) is 44.2 Å². The number of aryl methyl sites for hydroxylation is 2. The second-order valence-corrected chi connectivity index (χ2v) is 7.22. The number of fused-ring (bicyclic) bond motifs is 1. The van der Waals surface area contributed by atoms with Crippen LogP contribution in [0.1, 0.15) is 16.7 Å². The van der Waals surface area contributed by atoms with Crippen molar-refractivity contribution in [2.75, 3.05) is 26.1 Å². The number of nitrogens with one attached hydrogen (secondary N) is 3. The van der Waals surface area contributed by atoms with E-state index < -0.39 is 0 Å². The number of rotatable bonds is 6. The van der Waals surface area contributed by atoms with Crippen molar-refractivity contribution >= 4 is 33.9 Å². The molecule has 0 aliphatic heterocycles. The summed E-state index contributed by atoms with van der Waals surface area (Å²) in [7, 11) is 3.20. The molecule has 0 unspecified atom stereocenters. The van der Waals surface area contributed by atoms with E-state index in [0.717, 1.165) is 27.6 Å². The first-order valence-corrected chi connectivity index (χ1v) is 9.72. The molecule has 0 radical (unpaired) electrons. The Labute approximate surface area is 175 Å². The lowest BCUT2D eigenvalue weighted by Crippen LogP contribution is -2.31. The van der Waals surface area contributed by atoms with E-state index in [2.05, 4.69) is 21.7 Å². The molecule has 0 aliphatic rings. The minimum Gasteiger partial charge on any atom is -0.497 e. The Hall–Kier alpha value is -3.06. The normalized spacial score (nSPS) is 10.6. The number of aromatic amines is 1. The van der Waals surface area contributed by atoms with Gasteiger partial charge in [0.05, 0.1) is 25.4 Å². The number of H-pyrrole nitrogens is 1. The summed E-state index contributed by atoms with van der Waals surface area (Å²) in [5.41, 5.74) is 4.46. The Kier molecular flexibility index (Phi) is 6.39. The van der Waals surface area contributed by atoms with Gasteiger partial charge in [0.15, 0.2) is 5.11 Å². The van der Waals surface area contributed by atoms with Gasteiger partial charge in [0.1, 0.15) is 11.5 Å². The van der Waals surface area contributed by atoms with Crippen LogP contribution < -0.4 is 25.7 Å². The number of thiocarbonyl (C=S) groups is 1. The number of benzene rings is 2. The summed E-state index contributed by atoms with van der Waals surface area (Å²) in [6.45, 7) is 4.57. The predicted octanol–water partition coefficient (Wildman–Crippen LogP) is 3.69. The molecular weight excluding hydrogens is 386 g/mol. The van der Waals surface area contributed by atoms with Crippen LogP contribution in [0.2, 0.25) is 0 Å². The molecule has 7 heteroatoms. The Morgan fingerprint density at radius 1 is 1.07 bits per heavy atom. The van der Waals surface area contributed by atoms with Gasteiger partial charge in [-0.05, 0) is 61.8 Å². The molecule has 0 aliphatic carbocycles. The fraction of sp³-hybridized carbons (Fsp3) is 0.273. The molecule has 0 amide bonds. The third-order valence-electron chi connectivity index (χ3n) is 4.86. The van der Waals surface area contributed by atoms with E-state index >= 15 is 0 Å². The Morgan fingerprint density at radius 2 is 1.83 bits per heavy atom. The standard InChI is InChI=1S/C22H25N3O3S/c1-13-5-6-14(2)20-17(13)11-15(21(26)25-20)9-10-23-22(29)24-18-12-16(27-3)7-8-19(18)28-4/h5-8,11-12H,9-10H2,1-4H3,(H,25,26)(H2,23,24,29). The predicted molar refractivity (Wildman–Crippen MR) is 122 cm³/mol. The molecule has 0 atom stereocenters. The number of aromatic nitrogens is 1. The highest BCUT2D eigenvalue weighted by molar-refractivity contribution is 7.80. The molecule has 0 saturated carbocycles. The smallest absolute Gasteiger partial charge is 0.251 e. The van der Waals surface area contributed by atoms with Crippen LogP contribution in [0.5, 0.6) is 11.5 Å². The molecule has 6 nitrogen and oxygen atoms in total. The maximum atomic E-state index is 12.5. The monoisotopic (exact) mass is 411 g/mol. The van der Waals surface area contributed by atoms with E-state index in [9.17, 15) is 4.79 Å². The number of pyridine rings is 1. The van der Waals surface area contributed by atoms with Crippen LogP contribution in [-0.4, -0.2) is 30.9 Å². The minimum absolute atomic E-state index is 0.0682. The van der Waals surface area contributed by atoms with Crippen molar-refractivity contribution in [3.8, 4) is 11.5 Å². The summed E-state index contributed by atoms with van der Waals surface area (Å²) in [6, 6.07) is 11.5. The summed E-state index contributed by atoms with van der Waals surface area (Å²) >= 11 is 5.38. The summed E-state index contributed by atoms with van der Waals surface area (Å²) in [6.07, 6.45) is 0.551. The van der Waals surface area contributed by atoms with Gasteiger partial charge in [-0.25, -0.2) is 0 Å². The van der Waals surface area contributed by atoms with Crippen molar-refractivity contribution in [2.45, 2.75) is 20.3 Å². The maximum absolute atomic E-state index is 12.5. The van der Waals surface area contributed by atoms with Gasteiger partial charge in [0.2, 0.25) is 0 Å². The van der Waals surface area contributed by atoms with Crippen LogP contribution in [0.15, 0.2) is 41.2 Å². The zero-order valence-electron chi connectivity index (χ0n) is 17.0. The average molecular weight is 412 g/mol. The van der Waals surface area contributed by atoms with Gasteiger partial charge in [-0.3, -0.25) is 4.79 Å². The van der Waals surface area contributed by atoms with E-state index in [0.29, 0.717) is 35.3 Å². The molecule has 0 fully saturated rings. The number of methoxy groups -OCH3 is 2. The van der Waals surface area contributed by atoms with Gasteiger partial charge in [0, 0.05) is 23.6 Å². The summed E-state index contributed by atoms with van der Waals surface area (Å²) in [4.78, 5) is 15.5. The molecule has 1 heterocycles. The highest BCUT2D eigenvalue weighted by Gasteiger charge is 2.09. The lowest BCUT2D eigenvalue weighted by atomic mass is 10.0. The molecule has 0 saturated heterocycles. The van der Waals surface area contributed by atoms with E-state index in [1.54, 1.807) is 14.2 Å². The van der Waals surface area contributed by atoms with Crippen LogP contribution in [-0.2, 0) is 6.42 Å². The first-order valence-electron chi connectivity index (χ1n) is 9.32. The van der Waals surface area contributed by atoms with Gasteiger partial charge in [0.25, 0.3) is 5.56 Å². The van der Waals surface area contributed by atoms with E-state index in [-0.39, 0.29) is 5.56 Å². The summed E-state index contributed by atoms with van der Waals surface area (Å²) in [5, 5.41) is 7.77. The second-order valence-electron chi connectivity index (χ2n) is 6.81. The fourth-order valence-corrected chi connectivity index (χ4v) is 3.40. The van der Waals surface area contributed by atoms with Crippen LogP contribution in [0.3, 0.4) is 0 Å². The first-order chi connectivity index (χ1) is 13.9. The Morgan fingerprint density at radius 3 is 2.55 bits per heavy atom. The third-order valence-corrected chi connectivity index (χ3v) is 5.10. The molecule has 29 heavy (non-hydrogen) atoms. The molecule has 3 N–H and O–H groups in total. The lowest BCUT2D eigenvalue weighted by molar-refractivity contribution is 0.405. The quantitative estimate of drug-likeness (QED) is 0.537. The zero-order valence-corrected chi connectivity index (χ0v) is 17.8. The van der Waals surface area contributed by atoms with Crippen molar-refractivity contribution in [1.82, 2.24) is 10.3 Å². The highest BCUT2D eigenvalue weighted by Crippen LogP contribution is 2.28. The fourth-order valence-electron chi connectivity index (χ4n) is 3.19. The largest absolute Gasteiger partial charge is 0.497 e. The van der Waals surface area contributed by atoms with Crippen molar-refractivity contribution in [3.63, 3.8) is 0 Å². The van der Waals surface area contributed by atoms with Gasteiger partial charge >= 0.3 is 0 Å². The first kappa shape index (κ1) is 20.7. The van der Waals surface area contributed by atoms with Crippen LogP contribution in [0, 0.1) is 13.8 Å². The van der Waals surface area contributed by atoms with E-state index in [4.69, 9.17) is 21.7 Å². The maximum Gasteiger partial charge on any atom is 0.251 e. The van der Waals surface area contributed by atoms with Gasteiger partial charge in [-0.2, -0.15) is 0 Å². The highest BCUT2D eigenvalue weighted by atomic mass is 32.1. The van der Waals surface area contributed by atoms with Crippen molar-refractivity contribution in [2.24, 2.45) is 0 Å². The molecule has 2 aromatic carbocycles. The molecule has 3 aromatic rings. The second kappa shape index (κ2) is 8.96. The summed E-state index contributed by atoms with van der Waals surface area (Å²) in [5.74, 6) is 1.36. The summed E-state index contributed by atoms with van der Waals surface area (Å²) < 4.78 is 10.6. The molecule has 3 rings (SSSR count). The number of anilines is 1. The number of ether oxygens (including phenoxy) is 2. The van der Waals surface area contributed by atoms with Crippen molar-refractivity contribution < 1.29 is 9.47 Å². The zero-order chi connectivity index (χ0) is 21.0. The number of hydrogen-bond acceptors (Lipinski definition) is 4. The van der Waals surface area contributed by atoms with Crippen molar-refractivity contribution in [3.05, 3.63) is 63.4 Å². The van der Waals surface area contributed by atoms with Gasteiger partial charge in [-0.15, -0.1) is 0 Å². The van der Waals surface area contributed by atoms with Crippen LogP contribution in [0.4, 0.5) is 5.69 Å². The minimum atomic E-state index is -0.0682. The molecular formula is C22H25N3O3S. The van der Waals surface area contributed by atoms with Crippen molar-refractivity contribution in [1.29, 1.82) is 0 Å². The number of hydrogen-bond donors (Lipinski definition) is 3. The van der Waals surface area contributed by atoms with Crippen LogP contribution in [0.25, 0.3) is 10.9 Å². The van der Waals surface area contributed by atoms with Gasteiger partial charge < -0.3 is 25.1 Å². The molecule has 152 valence electrons. The topological polar surface area (TPSA) is 75.4 Å². The molecule has 0 bridgehead atoms. The third kappa shape index (κ3) is 4.68. The molecule has 0 spiro atoms.